The number of carbonyl (C=O) groups excluding carboxylic acids is 5. The molecule has 0 aromatic rings. The fourth-order valence-corrected chi connectivity index (χ4v) is 6.86. The van der Waals surface area contributed by atoms with Crippen LogP contribution in [0, 0.1) is 0 Å². The Bertz CT molecular complexity index is 1350. The van der Waals surface area contributed by atoms with Crippen LogP contribution in [-0.2, 0) is 38.2 Å². The zero-order chi connectivity index (χ0) is 28.5. The SMILES string of the molecule is CCC(=O)OC[C@H]1C2=C(C[C@H]3[C@H]4C5=C(C[C@@H]([C@H](O)N13)N4C)C(=O)C(C)=C(OC)C5=O)C(=O)C(C)=C(OC)C2=O. The van der Waals surface area contributed by atoms with Crippen molar-refractivity contribution >= 4 is 29.1 Å². The number of rotatable bonds is 5. The van der Waals surface area contributed by atoms with E-state index in [2.05, 4.69) is 0 Å². The van der Waals surface area contributed by atoms with Crippen LogP contribution < -0.4 is 0 Å². The fourth-order valence-electron chi connectivity index (χ4n) is 6.86. The number of fused-ring (bicyclic) bond motifs is 5. The van der Waals surface area contributed by atoms with Crippen LogP contribution in [0.3, 0.4) is 0 Å². The van der Waals surface area contributed by atoms with Gasteiger partial charge in [-0.05, 0) is 33.7 Å². The second-order valence-corrected chi connectivity index (χ2v) is 10.5. The van der Waals surface area contributed by atoms with Gasteiger partial charge in [0.05, 0.1) is 32.3 Å². The predicted molar refractivity (Wildman–Crippen MR) is 135 cm³/mol. The highest BCUT2D eigenvalue weighted by atomic mass is 16.5. The van der Waals surface area contributed by atoms with Gasteiger partial charge in [0.1, 0.15) is 12.8 Å². The lowest BCUT2D eigenvalue weighted by Gasteiger charge is -2.60. The van der Waals surface area contributed by atoms with Gasteiger partial charge in [0.25, 0.3) is 0 Å². The van der Waals surface area contributed by atoms with Gasteiger partial charge in [0, 0.05) is 45.9 Å². The summed E-state index contributed by atoms with van der Waals surface area (Å²) in [6, 6.07) is -2.93. The van der Waals surface area contributed by atoms with Gasteiger partial charge in [0.2, 0.25) is 11.6 Å². The van der Waals surface area contributed by atoms with E-state index in [9.17, 15) is 29.1 Å². The number of esters is 1. The molecule has 1 N–H and O–H groups in total. The molecule has 0 aromatic heterocycles. The summed E-state index contributed by atoms with van der Waals surface area (Å²) in [5, 5.41) is 11.7. The molecule has 1 saturated heterocycles. The maximum absolute atomic E-state index is 13.7. The van der Waals surface area contributed by atoms with Gasteiger partial charge in [-0.25, -0.2) is 0 Å². The largest absolute Gasteiger partial charge is 0.492 e. The zero-order valence-electron chi connectivity index (χ0n) is 22.8. The van der Waals surface area contributed by atoms with Gasteiger partial charge in [-0.15, -0.1) is 0 Å². The summed E-state index contributed by atoms with van der Waals surface area (Å²) < 4.78 is 16.1. The first-order chi connectivity index (χ1) is 18.5. The standard InChI is InChI=1S/C28H32N2O9/c1-7-18(31)39-10-17-19-13(22(32)11(2)26(37-5)24(19)34)8-15-21-20-14(9-16(29(21)4)28(36)30(15)17)23(33)12(3)27(38-6)25(20)35/h15-17,21,28,36H,7-10H2,1-6H3/t15-,16-,17-,21-,28-/m0/s1. The quantitative estimate of drug-likeness (QED) is 0.386. The number of piperazine rings is 1. The van der Waals surface area contributed by atoms with Crippen LogP contribution in [0.5, 0.6) is 0 Å². The van der Waals surface area contributed by atoms with E-state index in [4.69, 9.17) is 14.2 Å². The summed E-state index contributed by atoms with van der Waals surface area (Å²) in [7, 11) is 4.42. The van der Waals surface area contributed by atoms with Crippen molar-refractivity contribution in [2.24, 2.45) is 0 Å². The summed E-state index contributed by atoms with van der Waals surface area (Å²) in [5.74, 6) is -2.20. The van der Waals surface area contributed by atoms with E-state index in [-0.39, 0.29) is 76.8 Å². The Morgan fingerprint density at radius 1 is 0.872 bits per heavy atom. The number of Topliss-reactive ketones (excluding diaryl/α,β-unsaturated/α-hetero) is 4. The second kappa shape index (κ2) is 9.65. The smallest absolute Gasteiger partial charge is 0.305 e. The van der Waals surface area contributed by atoms with Crippen molar-refractivity contribution in [3.63, 3.8) is 0 Å². The van der Waals surface area contributed by atoms with Crippen molar-refractivity contribution in [1.29, 1.82) is 0 Å². The molecular formula is C28H32N2O9. The molecule has 11 heteroatoms. The molecule has 208 valence electrons. The topological polar surface area (TPSA) is 140 Å². The van der Waals surface area contributed by atoms with Crippen molar-refractivity contribution in [2.45, 2.75) is 70.4 Å². The lowest BCUT2D eigenvalue weighted by molar-refractivity contribution is -0.172. The van der Waals surface area contributed by atoms with E-state index < -0.39 is 47.9 Å². The van der Waals surface area contributed by atoms with Gasteiger partial charge in [-0.1, -0.05) is 6.92 Å². The summed E-state index contributed by atoms with van der Waals surface area (Å²) in [6.45, 7) is 4.42. The van der Waals surface area contributed by atoms with Crippen molar-refractivity contribution in [2.75, 3.05) is 27.9 Å². The summed E-state index contributed by atoms with van der Waals surface area (Å²) in [4.78, 5) is 69.9. The summed E-state index contributed by atoms with van der Waals surface area (Å²) in [5.41, 5.74) is 1.34. The number of ketones is 4. The summed E-state index contributed by atoms with van der Waals surface area (Å²) in [6.07, 6.45) is -0.948. The number of hydrogen-bond acceptors (Lipinski definition) is 11. The first-order valence-electron chi connectivity index (χ1n) is 13.0. The van der Waals surface area contributed by atoms with Crippen LogP contribution in [0.25, 0.3) is 0 Å². The number of nitrogens with zero attached hydrogens (tertiary/aromatic N) is 2. The highest BCUT2D eigenvalue weighted by Crippen LogP contribution is 2.48. The van der Waals surface area contributed by atoms with E-state index in [1.165, 1.54) is 21.1 Å². The molecule has 0 aromatic carbocycles. The number of aliphatic hydroxyl groups excluding tert-OH is 1. The molecule has 39 heavy (non-hydrogen) atoms. The van der Waals surface area contributed by atoms with Crippen LogP contribution >= 0.6 is 0 Å². The third-order valence-corrected chi connectivity index (χ3v) is 8.74. The number of allylic oxidation sites excluding steroid dienone is 4. The number of methoxy groups -OCH3 is 2. The van der Waals surface area contributed by atoms with Crippen molar-refractivity contribution in [1.82, 2.24) is 9.80 Å². The van der Waals surface area contributed by atoms with Crippen LogP contribution in [0.2, 0.25) is 0 Å². The zero-order valence-corrected chi connectivity index (χ0v) is 22.8. The van der Waals surface area contributed by atoms with Crippen molar-refractivity contribution < 1.29 is 43.3 Å². The van der Waals surface area contributed by atoms with Gasteiger partial charge < -0.3 is 19.3 Å². The average molecular weight is 541 g/mol. The average Bonchev–Trinajstić information content (AvgIpc) is 2.91. The van der Waals surface area contributed by atoms with Gasteiger partial charge in [0.15, 0.2) is 23.1 Å². The molecule has 0 radical (unpaired) electrons. The van der Waals surface area contributed by atoms with E-state index in [0.29, 0.717) is 5.57 Å². The van der Waals surface area contributed by atoms with Crippen LogP contribution in [0.1, 0.15) is 40.0 Å². The third kappa shape index (κ3) is 3.70. The molecule has 0 saturated carbocycles. The normalized spacial score (nSPS) is 31.4. The molecule has 5 atom stereocenters. The Hall–Kier alpha value is -3.41. The van der Waals surface area contributed by atoms with E-state index in [1.54, 1.807) is 25.8 Å². The Labute approximate surface area is 225 Å². The molecule has 3 aliphatic heterocycles. The van der Waals surface area contributed by atoms with Crippen LogP contribution in [0.15, 0.2) is 45.0 Å². The van der Waals surface area contributed by atoms with Gasteiger partial charge in [-0.2, -0.15) is 0 Å². The molecule has 3 heterocycles. The molecule has 2 bridgehead atoms. The molecule has 5 rings (SSSR count). The number of aliphatic hydroxyl groups is 1. The minimum Gasteiger partial charge on any atom is -0.492 e. The lowest BCUT2D eigenvalue weighted by Crippen LogP contribution is -2.74. The molecule has 2 aliphatic carbocycles. The monoisotopic (exact) mass is 540 g/mol. The maximum Gasteiger partial charge on any atom is 0.305 e. The van der Waals surface area contributed by atoms with E-state index in [1.807, 2.05) is 4.90 Å². The van der Waals surface area contributed by atoms with Gasteiger partial charge in [-0.3, -0.25) is 33.8 Å². The maximum atomic E-state index is 13.7. The first kappa shape index (κ1) is 27.2. The van der Waals surface area contributed by atoms with Crippen LogP contribution in [-0.4, -0.2) is 102 Å². The highest BCUT2D eigenvalue weighted by Gasteiger charge is 2.59. The van der Waals surface area contributed by atoms with Crippen molar-refractivity contribution in [3.8, 4) is 0 Å². The number of carbonyl (C=O) groups is 5. The first-order valence-corrected chi connectivity index (χ1v) is 13.0. The lowest BCUT2D eigenvalue weighted by atomic mass is 9.68. The Kier molecular flexibility index (Phi) is 6.72. The minimum absolute atomic E-state index is 0.0279. The van der Waals surface area contributed by atoms with Crippen LogP contribution in [0.4, 0.5) is 0 Å². The summed E-state index contributed by atoms with van der Waals surface area (Å²) >= 11 is 0. The van der Waals surface area contributed by atoms with E-state index >= 15 is 0 Å². The molecule has 1 fully saturated rings. The molecule has 11 nitrogen and oxygen atoms in total. The minimum atomic E-state index is -1.19. The molecular weight excluding hydrogens is 508 g/mol. The van der Waals surface area contributed by atoms with Gasteiger partial charge >= 0.3 is 5.97 Å². The fraction of sp³-hybridized carbons (Fsp3) is 0.536. The Balaban J connectivity index is 1.68. The second-order valence-electron chi connectivity index (χ2n) is 10.5. The number of hydrogen-bond donors (Lipinski definition) is 1. The predicted octanol–water partition coefficient (Wildman–Crippen LogP) is 0.525. The number of ether oxygens (including phenoxy) is 3. The molecule has 0 amide bonds. The highest BCUT2D eigenvalue weighted by molar-refractivity contribution is 6.26. The Morgan fingerprint density at radius 2 is 1.38 bits per heavy atom. The molecule has 0 unspecified atom stereocenters. The molecule has 0 spiro atoms. The Morgan fingerprint density at radius 3 is 1.92 bits per heavy atom. The molecule has 5 aliphatic rings. The van der Waals surface area contributed by atoms with Crippen molar-refractivity contribution in [3.05, 3.63) is 45.0 Å². The third-order valence-electron chi connectivity index (χ3n) is 8.74. The van der Waals surface area contributed by atoms with E-state index in [0.717, 1.165) is 0 Å². The number of likely N-dealkylation sites (N-methyl/N-ethyl adjacent to an activating group) is 1.